The number of rotatable bonds is 8. The molecule has 3 aliphatic rings. The van der Waals surface area contributed by atoms with Crippen LogP contribution in [-0.4, -0.2) is 73.0 Å². The number of carbonyl (C=O) groups is 2. The Morgan fingerprint density at radius 2 is 2.07 bits per heavy atom. The maximum atomic E-state index is 14.6. The predicted molar refractivity (Wildman–Crippen MR) is 153 cm³/mol. The van der Waals surface area contributed by atoms with E-state index in [0.29, 0.717) is 44.0 Å². The lowest BCUT2D eigenvalue weighted by atomic mass is 9.80. The van der Waals surface area contributed by atoms with Crippen molar-refractivity contribution in [2.75, 3.05) is 19.8 Å². The van der Waals surface area contributed by atoms with Crippen LogP contribution in [0.1, 0.15) is 91.4 Å². The summed E-state index contributed by atoms with van der Waals surface area (Å²) in [5, 5.41) is 14.1. The van der Waals surface area contributed by atoms with Crippen molar-refractivity contribution in [1.29, 1.82) is 0 Å². The number of carbonyl (C=O) groups excluding carboxylic acids is 2. The van der Waals surface area contributed by atoms with Crippen molar-refractivity contribution >= 4 is 17.6 Å². The Kier molecular flexibility index (Phi) is 9.00. The SMILES string of the molecule is CCn1nccc1C(=O)NC(c1cn2nc(CC3CC(C(F)(F)F)CNC3=O)c(C3CCCOC3)nc2n1)C1CCCC(F)(F)C1. The number of hydrogen-bond donors (Lipinski definition) is 2. The number of aryl methyl sites for hydroxylation is 1. The molecule has 3 aromatic rings. The van der Waals surface area contributed by atoms with Gasteiger partial charge in [-0.05, 0) is 51.0 Å². The number of alkyl halides is 5. The first-order valence-electron chi connectivity index (χ1n) is 15.8. The first-order valence-corrected chi connectivity index (χ1v) is 15.8. The second-order valence-electron chi connectivity index (χ2n) is 12.6. The normalized spacial score (nSPS) is 26.1. The number of imidazole rings is 1. The van der Waals surface area contributed by atoms with Crippen molar-refractivity contribution in [1.82, 2.24) is 40.0 Å². The first-order chi connectivity index (χ1) is 21.9. The van der Waals surface area contributed by atoms with Crippen LogP contribution in [0.3, 0.4) is 0 Å². The molecular formula is C30H37F5N8O3. The van der Waals surface area contributed by atoms with E-state index in [2.05, 4.69) is 20.7 Å². The Hall–Kier alpha value is -3.69. The van der Waals surface area contributed by atoms with E-state index in [0.717, 1.165) is 6.42 Å². The summed E-state index contributed by atoms with van der Waals surface area (Å²) >= 11 is 0. The lowest BCUT2D eigenvalue weighted by Crippen LogP contribution is -2.47. The lowest BCUT2D eigenvalue weighted by molar-refractivity contribution is -0.183. The van der Waals surface area contributed by atoms with Gasteiger partial charge in [0.25, 0.3) is 11.7 Å². The molecule has 2 aliphatic heterocycles. The van der Waals surface area contributed by atoms with Gasteiger partial charge in [0.15, 0.2) is 0 Å². The molecule has 6 rings (SSSR count). The fraction of sp³-hybridized carbons (Fsp3) is 0.667. The third-order valence-electron chi connectivity index (χ3n) is 9.35. The molecule has 3 fully saturated rings. The third-order valence-corrected chi connectivity index (χ3v) is 9.35. The van der Waals surface area contributed by atoms with E-state index < -0.39 is 60.7 Å². The highest BCUT2D eigenvalue weighted by Gasteiger charge is 2.45. The molecule has 0 aromatic carbocycles. The van der Waals surface area contributed by atoms with Crippen molar-refractivity contribution < 1.29 is 36.3 Å². The zero-order valence-corrected chi connectivity index (χ0v) is 25.4. The topological polar surface area (TPSA) is 128 Å². The molecule has 2 amide bonds. The van der Waals surface area contributed by atoms with Crippen LogP contribution in [0.25, 0.3) is 5.78 Å². The van der Waals surface area contributed by atoms with Gasteiger partial charge in [-0.3, -0.25) is 14.3 Å². The first kappa shape index (κ1) is 32.3. The van der Waals surface area contributed by atoms with E-state index in [4.69, 9.17) is 14.8 Å². The van der Waals surface area contributed by atoms with Crippen molar-refractivity contribution in [2.45, 2.75) is 88.9 Å². The number of halogens is 5. The average molecular weight is 653 g/mol. The molecular weight excluding hydrogens is 615 g/mol. The Balaban J connectivity index is 1.37. The van der Waals surface area contributed by atoms with Crippen LogP contribution in [0.5, 0.6) is 0 Å². The third kappa shape index (κ3) is 6.86. The van der Waals surface area contributed by atoms with Gasteiger partial charge in [-0.25, -0.2) is 23.3 Å². The van der Waals surface area contributed by atoms with Gasteiger partial charge in [-0.15, -0.1) is 0 Å². The van der Waals surface area contributed by atoms with E-state index in [-0.39, 0.29) is 48.8 Å². The minimum atomic E-state index is -4.45. The molecule has 0 bridgehead atoms. The number of nitrogens with zero attached hydrogens (tertiary/aromatic N) is 6. The van der Waals surface area contributed by atoms with Crippen molar-refractivity contribution in [3.05, 3.63) is 41.2 Å². The van der Waals surface area contributed by atoms with Crippen LogP contribution in [0.15, 0.2) is 18.5 Å². The number of amides is 2. The summed E-state index contributed by atoms with van der Waals surface area (Å²) in [5.41, 5.74) is 1.41. The highest BCUT2D eigenvalue weighted by Crippen LogP contribution is 2.42. The molecule has 2 saturated heterocycles. The second kappa shape index (κ2) is 12.8. The van der Waals surface area contributed by atoms with Crippen LogP contribution >= 0.6 is 0 Å². The molecule has 5 heterocycles. The molecule has 5 atom stereocenters. The summed E-state index contributed by atoms with van der Waals surface area (Å²) in [5.74, 6) is -7.20. The van der Waals surface area contributed by atoms with Crippen LogP contribution < -0.4 is 10.6 Å². The summed E-state index contributed by atoms with van der Waals surface area (Å²) in [6.45, 7) is 2.69. The quantitative estimate of drug-likeness (QED) is 0.346. The van der Waals surface area contributed by atoms with Gasteiger partial charge in [-0.1, -0.05) is 0 Å². The fourth-order valence-electron chi connectivity index (χ4n) is 6.94. The summed E-state index contributed by atoms with van der Waals surface area (Å²) < 4.78 is 78.5. The maximum absolute atomic E-state index is 14.6. The number of ether oxygens (including phenoxy) is 1. The number of nitrogens with one attached hydrogen (secondary N) is 2. The van der Waals surface area contributed by atoms with Gasteiger partial charge in [0.2, 0.25) is 11.8 Å². The van der Waals surface area contributed by atoms with Gasteiger partial charge in [0.1, 0.15) is 5.69 Å². The van der Waals surface area contributed by atoms with Gasteiger partial charge in [-0.2, -0.15) is 23.4 Å². The molecule has 2 N–H and O–H groups in total. The molecule has 1 saturated carbocycles. The molecule has 16 heteroatoms. The van der Waals surface area contributed by atoms with Crippen molar-refractivity contribution in [2.24, 2.45) is 17.8 Å². The predicted octanol–water partition coefficient (Wildman–Crippen LogP) is 4.39. The molecule has 0 radical (unpaired) electrons. The molecule has 5 unspecified atom stereocenters. The monoisotopic (exact) mass is 652 g/mol. The maximum Gasteiger partial charge on any atom is 0.393 e. The van der Waals surface area contributed by atoms with Gasteiger partial charge >= 0.3 is 6.18 Å². The molecule has 3 aromatic heterocycles. The minimum absolute atomic E-state index is 0.0727. The summed E-state index contributed by atoms with van der Waals surface area (Å²) in [6, 6.07) is 0.650. The summed E-state index contributed by atoms with van der Waals surface area (Å²) in [4.78, 5) is 35.5. The van der Waals surface area contributed by atoms with Crippen LogP contribution in [0.4, 0.5) is 22.0 Å². The molecule has 250 valence electrons. The fourth-order valence-corrected chi connectivity index (χ4v) is 6.94. The van der Waals surface area contributed by atoms with Crippen molar-refractivity contribution in [3.63, 3.8) is 0 Å². The van der Waals surface area contributed by atoms with E-state index >= 15 is 0 Å². The highest BCUT2D eigenvalue weighted by molar-refractivity contribution is 5.92. The number of aromatic nitrogens is 6. The van der Waals surface area contributed by atoms with Gasteiger partial charge < -0.3 is 15.4 Å². The number of piperidine rings is 1. The minimum Gasteiger partial charge on any atom is -0.381 e. The van der Waals surface area contributed by atoms with E-state index in [9.17, 15) is 31.5 Å². The Labute approximate surface area is 261 Å². The highest BCUT2D eigenvalue weighted by atomic mass is 19.4. The Morgan fingerprint density at radius 1 is 1.24 bits per heavy atom. The Morgan fingerprint density at radius 3 is 2.78 bits per heavy atom. The Bertz CT molecular complexity index is 1570. The molecule has 1 aliphatic carbocycles. The number of hydrogen-bond acceptors (Lipinski definition) is 7. The van der Waals surface area contributed by atoms with Gasteiger partial charge in [0.05, 0.1) is 41.8 Å². The molecule has 0 spiro atoms. The zero-order chi connectivity index (χ0) is 32.6. The summed E-state index contributed by atoms with van der Waals surface area (Å²) in [7, 11) is 0. The van der Waals surface area contributed by atoms with Crippen LogP contribution in [0.2, 0.25) is 0 Å². The smallest absolute Gasteiger partial charge is 0.381 e. The number of fused-ring (bicyclic) bond motifs is 1. The average Bonchev–Trinajstić information content (AvgIpc) is 3.67. The summed E-state index contributed by atoms with van der Waals surface area (Å²) in [6.07, 6.45) is -0.402. The largest absolute Gasteiger partial charge is 0.393 e. The molecule has 46 heavy (non-hydrogen) atoms. The molecule has 11 nitrogen and oxygen atoms in total. The lowest BCUT2D eigenvalue weighted by Gasteiger charge is -2.34. The van der Waals surface area contributed by atoms with E-state index in [1.54, 1.807) is 6.07 Å². The second-order valence-corrected chi connectivity index (χ2v) is 12.6. The van der Waals surface area contributed by atoms with Crippen molar-refractivity contribution in [3.8, 4) is 0 Å². The van der Waals surface area contributed by atoms with Gasteiger partial charge in [0, 0.05) is 57.0 Å². The zero-order valence-electron chi connectivity index (χ0n) is 25.4. The van der Waals surface area contributed by atoms with Crippen LogP contribution in [0, 0.1) is 17.8 Å². The van der Waals surface area contributed by atoms with E-state index in [1.807, 2.05) is 6.92 Å². The van der Waals surface area contributed by atoms with E-state index in [1.165, 1.54) is 21.6 Å². The standard InChI is InChI=1S/C30H37F5N8O3/c1-2-42-23(7-9-37-42)27(45)39-24(17-5-3-8-29(31,32)13-17)22-15-43-28(38-22)40-25(18-6-4-10-46-16-18)21(41-43)12-19-11-20(30(33,34)35)14-36-26(19)44/h7,9,15,17-20,24H,2-6,8,10-14,16H2,1H3,(H,36,44)(H,39,45). The van der Waals surface area contributed by atoms with Crippen LogP contribution in [-0.2, 0) is 22.5 Å².